The van der Waals surface area contributed by atoms with Crippen molar-refractivity contribution in [3.63, 3.8) is 0 Å². The summed E-state index contributed by atoms with van der Waals surface area (Å²) in [7, 11) is 0. The summed E-state index contributed by atoms with van der Waals surface area (Å²) in [6.07, 6.45) is 0.468. The molecule has 2 aromatic rings. The summed E-state index contributed by atoms with van der Waals surface area (Å²) in [5.74, 6) is -3.63. The van der Waals surface area contributed by atoms with Gasteiger partial charge in [0.05, 0.1) is 30.7 Å². The second-order valence-corrected chi connectivity index (χ2v) is 9.22. The molecule has 1 aromatic carbocycles. The number of thiophene rings is 1. The van der Waals surface area contributed by atoms with Gasteiger partial charge in [-0.25, -0.2) is 4.79 Å². The lowest BCUT2D eigenvalue weighted by molar-refractivity contribution is -0.147. The number of carbonyl (C=O) groups excluding carboxylic acids is 2. The summed E-state index contributed by atoms with van der Waals surface area (Å²) < 4.78 is 11.0. The smallest absolute Gasteiger partial charge is 0.341 e. The standard InChI is InChI=1S/C23H25NO6S/c1-4-29-23(28)19-16(13-7-5-11(2)6-8-13)12(3)31-21(19)24-20(25)17-14-9-10-15(30-14)18(17)22(26)27/h5-8,14-15,17-18H,4,9-10H2,1-3H3,(H,24,25)(H,26,27)/t14?,15?,17-,18+/m1/s1. The average Bonchev–Trinajstić information content (AvgIpc) is 3.41. The Kier molecular flexibility index (Phi) is 5.85. The number of hydrogen-bond acceptors (Lipinski definition) is 6. The van der Waals surface area contributed by atoms with Crippen molar-refractivity contribution in [2.24, 2.45) is 11.8 Å². The Bertz CT molecular complexity index is 1030. The van der Waals surface area contributed by atoms with Crippen molar-refractivity contribution in [1.29, 1.82) is 0 Å². The fourth-order valence-electron chi connectivity index (χ4n) is 4.62. The predicted molar refractivity (Wildman–Crippen MR) is 116 cm³/mol. The maximum Gasteiger partial charge on any atom is 0.341 e. The van der Waals surface area contributed by atoms with Crippen molar-refractivity contribution in [2.75, 3.05) is 11.9 Å². The number of ether oxygens (including phenoxy) is 2. The van der Waals surface area contributed by atoms with Crippen LogP contribution in [0.25, 0.3) is 11.1 Å². The lowest BCUT2D eigenvalue weighted by Gasteiger charge is -2.23. The molecular formula is C23H25NO6S. The van der Waals surface area contributed by atoms with E-state index in [0.29, 0.717) is 23.4 Å². The van der Waals surface area contributed by atoms with Crippen LogP contribution in [-0.2, 0) is 19.1 Å². The van der Waals surface area contributed by atoms with Gasteiger partial charge < -0.3 is 19.9 Å². The molecule has 0 saturated carbocycles. The SMILES string of the molecule is CCOC(=O)c1c(NC(=O)[C@@H]2C3CCC(O3)[C@@H]2C(=O)O)sc(C)c1-c1ccc(C)cc1. The summed E-state index contributed by atoms with van der Waals surface area (Å²) in [6, 6.07) is 7.79. The Morgan fingerprint density at radius 3 is 2.39 bits per heavy atom. The molecule has 1 aromatic heterocycles. The van der Waals surface area contributed by atoms with Crippen LogP contribution in [0.5, 0.6) is 0 Å². The number of aliphatic carboxylic acids is 1. The van der Waals surface area contributed by atoms with Gasteiger partial charge in [-0.2, -0.15) is 0 Å². The zero-order chi connectivity index (χ0) is 22.3. The first-order chi connectivity index (χ1) is 14.8. The maximum atomic E-state index is 13.2. The zero-order valence-corrected chi connectivity index (χ0v) is 18.5. The molecular weight excluding hydrogens is 418 g/mol. The van der Waals surface area contributed by atoms with Gasteiger partial charge in [-0.15, -0.1) is 11.3 Å². The van der Waals surface area contributed by atoms with Crippen molar-refractivity contribution in [1.82, 2.24) is 0 Å². The van der Waals surface area contributed by atoms with Crippen LogP contribution in [0, 0.1) is 25.7 Å². The Labute approximate surface area is 184 Å². The highest BCUT2D eigenvalue weighted by Gasteiger charge is 2.55. The van der Waals surface area contributed by atoms with Gasteiger partial charge in [-0.3, -0.25) is 9.59 Å². The van der Waals surface area contributed by atoms with E-state index >= 15 is 0 Å². The lowest BCUT2D eigenvalue weighted by atomic mass is 9.78. The molecule has 2 N–H and O–H groups in total. The molecule has 2 aliphatic heterocycles. The van der Waals surface area contributed by atoms with Crippen molar-refractivity contribution < 1.29 is 29.0 Å². The summed E-state index contributed by atoms with van der Waals surface area (Å²) in [4.78, 5) is 38.6. The molecule has 2 bridgehead atoms. The van der Waals surface area contributed by atoms with Gasteiger partial charge in [0, 0.05) is 10.4 Å². The average molecular weight is 444 g/mol. The van der Waals surface area contributed by atoms with Crippen LogP contribution in [-0.4, -0.2) is 41.8 Å². The number of fused-ring (bicyclic) bond motifs is 2. The number of esters is 1. The second-order valence-electron chi connectivity index (χ2n) is 7.99. The molecule has 0 radical (unpaired) electrons. The number of carbonyl (C=O) groups is 3. The Morgan fingerprint density at radius 2 is 1.77 bits per heavy atom. The van der Waals surface area contributed by atoms with E-state index in [1.165, 1.54) is 11.3 Å². The normalized spacial score (nSPS) is 24.2. The first-order valence-corrected chi connectivity index (χ1v) is 11.2. The third-order valence-corrected chi connectivity index (χ3v) is 7.02. The minimum atomic E-state index is -1.03. The van der Waals surface area contributed by atoms with Crippen LogP contribution in [0.2, 0.25) is 0 Å². The van der Waals surface area contributed by atoms with Gasteiger partial charge in [0.1, 0.15) is 10.6 Å². The molecule has 2 saturated heterocycles. The quantitative estimate of drug-likeness (QED) is 0.654. The highest BCUT2D eigenvalue weighted by molar-refractivity contribution is 7.17. The van der Waals surface area contributed by atoms with Crippen LogP contribution in [0.1, 0.15) is 40.6 Å². The van der Waals surface area contributed by atoms with E-state index in [9.17, 15) is 19.5 Å². The van der Waals surface area contributed by atoms with Gasteiger partial charge in [-0.05, 0) is 39.2 Å². The number of hydrogen-bond donors (Lipinski definition) is 2. The van der Waals surface area contributed by atoms with E-state index in [1.807, 2.05) is 38.1 Å². The number of nitrogens with one attached hydrogen (secondary N) is 1. The van der Waals surface area contributed by atoms with E-state index in [0.717, 1.165) is 21.6 Å². The Hall–Kier alpha value is -2.71. The highest BCUT2D eigenvalue weighted by atomic mass is 32.1. The van der Waals surface area contributed by atoms with Gasteiger partial charge in [-0.1, -0.05) is 29.8 Å². The largest absolute Gasteiger partial charge is 0.481 e. The molecule has 0 spiro atoms. The van der Waals surface area contributed by atoms with E-state index < -0.39 is 41.9 Å². The predicted octanol–water partition coefficient (Wildman–Crippen LogP) is 4.03. The van der Waals surface area contributed by atoms with Crippen molar-refractivity contribution in [3.05, 3.63) is 40.3 Å². The number of amides is 1. The molecule has 7 nitrogen and oxygen atoms in total. The van der Waals surface area contributed by atoms with Gasteiger partial charge >= 0.3 is 11.9 Å². The number of aryl methyl sites for hydroxylation is 2. The number of anilines is 1. The first-order valence-electron chi connectivity index (χ1n) is 10.4. The van der Waals surface area contributed by atoms with Crippen LogP contribution < -0.4 is 5.32 Å². The Balaban J connectivity index is 1.70. The van der Waals surface area contributed by atoms with Crippen molar-refractivity contribution in [2.45, 2.75) is 45.8 Å². The molecule has 4 atom stereocenters. The third kappa shape index (κ3) is 3.85. The molecule has 164 valence electrons. The monoisotopic (exact) mass is 443 g/mol. The number of benzene rings is 1. The van der Waals surface area contributed by atoms with Crippen LogP contribution in [0.15, 0.2) is 24.3 Å². The van der Waals surface area contributed by atoms with E-state index in [2.05, 4.69) is 5.32 Å². The fraction of sp³-hybridized carbons (Fsp3) is 0.435. The van der Waals surface area contributed by atoms with Crippen LogP contribution in [0.3, 0.4) is 0 Å². The molecule has 8 heteroatoms. The van der Waals surface area contributed by atoms with Gasteiger partial charge in [0.15, 0.2) is 0 Å². The van der Waals surface area contributed by atoms with Gasteiger partial charge in [0.25, 0.3) is 0 Å². The summed E-state index contributed by atoms with van der Waals surface area (Å²) >= 11 is 1.29. The van der Waals surface area contributed by atoms with E-state index in [1.54, 1.807) is 6.92 Å². The maximum absolute atomic E-state index is 13.2. The second kappa shape index (κ2) is 8.43. The molecule has 2 aliphatic rings. The van der Waals surface area contributed by atoms with E-state index in [4.69, 9.17) is 9.47 Å². The molecule has 0 aliphatic carbocycles. The van der Waals surface area contributed by atoms with Crippen molar-refractivity contribution >= 4 is 34.2 Å². The number of rotatable bonds is 6. The minimum Gasteiger partial charge on any atom is -0.481 e. The van der Waals surface area contributed by atoms with Crippen molar-refractivity contribution in [3.8, 4) is 11.1 Å². The third-order valence-electron chi connectivity index (χ3n) is 6.00. The zero-order valence-electron chi connectivity index (χ0n) is 17.6. The molecule has 3 heterocycles. The summed E-state index contributed by atoms with van der Waals surface area (Å²) in [5.41, 5.74) is 2.98. The van der Waals surface area contributed by atoms with Gasteiger partial charge in [0.2, 0.25) is 5.91 Å². The Morgan fingerprint density at radius 1 is 1.13 bits per heavy atom. The summed E-state index contributed by atoms with van der Waals surface area (Å²) in [6.45, 7) is 5.80. The topological polar surface area (TPSA) is 102 Å². The summed E-state index contributed by atoms with van der Waals surface area (Å²) in [5, 5.41) is 12.8. The molecule has 2 unspecified atom stereocenters. The lowest BCUT2D eigenvalue weighted by Crippen LogP contribution is -2.41. The van der Waals surface area contributed by atoms with Crippen LogP contribution >= 0.6 is 11.3 Å². The first kappa shape index (κ1) is 21.5. The molecule has 4 rings (SSSR count). The van der Waals surface area contributed by atoms with E-state index in [-0.39, 0.29) is 6.61 Å². The molecule has 31 heavy (non-hydrogen) atoms. The number of carboxylic acids is 1. The molecule has 2 fully saturated rings. The fourth-order valence-corrected chi connectivity index (χ4v) is 5.69. The number of carboxylic acid groups (broad SMARTS) is 1. The van der Waals surface area contributed by atoms with Crippen LogP contribution in [0.4, 0.5) is 5.00 Å². The highest BCUT2D eigenvalue weighted by Crippen LogP contribution is 2.45. The minimum absolute atomic E-state index is 0.204. The molecule has 1 amide bonds.